The van der Waals surface area contributed by atoms with E-state index in [1.807, 2.05) is 25.2 Å². The van der Waals surface area contributed by atoms with Gasteiger partial charge in [-0.05, 0) is 25.6 Å². The highest BCUT2D eigenvalue weighted by Crippen LogP contribution is 1.99. The van der Waals surface area contributed by atoms with E-state index in [1.165, 1.54) is 0 Å². The number of nitrogens with zero attached hydrogens (tertiary/aromatic N) is 1. The van der Waals surface area contributed by atoms with Gasteiger partial charge in [0.05, 0.1) is 0 Å². The number of rotatable bonds is 8. The molecule has 0 aliphatic heterocycles. The summed E-state index contributed by atoms with van der Waals surface area (Å²) in [4.78, 5) is 25.2. The Morgan fingerprint density at radius 1 is 1.14 bits per heavy atom. The zero-order chi connectivity index (χ0) is 14.8. The summed E-state index contributed by atoms with van der Waals surface area (Å²) in [6.07, 6.45) is 1.11. The summed E-state index contributed by atoms with van der Waals surface area (Å²) in [5.74, 6) is 0.01000. The molecule has 21 heavy (non-hydrogen) atoms. The fourth-order valence-electron chi connectivity index (χ4n) is 1.73. The van der Waals surface area contributed by atoms with Crippen LogP contribution in [0.5, 0.6) is 0 Å². The van der Waals surface area contributed by atoms with E-state index >= 15 is 0 Å². The summed E-state index contributed by atoms with van der Waals surface area (Å²) in [6, 6.07) is 9.07. The number of hydrogen-bond donors (Lipinski definition) is 2. The Kier molecular flexibility index (Phi) is 10.3. The third-order valence-electron chi connectivity index (χ3n) is 3.01. The van der Waals surface area contributed by atoms with E-state index < -0.39 is 0 Å². The molecule has 0 aliphatic carbocycles. The minimum atomic E-state index is -0.0958. The summed E-state index contributed by atoms with van der Waals surface area (Å²) in [5, 5.41) is 5.82. The van der Waals surface area contributed by atoms with Crippen LogP contribution in [0.4, 0.5) is 0 Å². The molecule has 0 aromatic heterocycles. The SMILES string of the molecule is CNCCN(C)C(=O)CCCNC(=O)c1ccccc1.Cl. The molecule has 0 heterocycles. The summed E-state index contributed by atoms with van der Waals surface area (Å²) in [5.41, 5.74) is 0.643. The molecule has 0 bridgehead atoms. The van der Waals surface area contributed by atoms with Crippen LogP contribution in [0.25, 0.3) is 0 Å². The van der Waals surface area contributed by atoms with Crippen LogP contribution in [0, 0.1) is 0 Å². The monoisotopic (exact) mass is 313 g/mol. The predicted octanol–water partition coefficient (Wildman–Crippen LogP) is 1.30. The summed E-state index contributed by atoms with van der Waals surface area (Å²) < 4.78 is 0. The highest BCUT2D eigenvalue weighted by Gasteiger charge is 2.08. The van der Waals surface area contributed by atoms with Crippen LogP contribution in [0.1, 0.15) is 23.2 Å². The number of carbonyl (C=O) groups excluding carboxylic acids is 2. The Morgan fingerprint density at radius 2 is 1.81 bits per heavy atom. The minimum Gasteiger partial charge on any atom is -0.352 e. The molecular weight excluding hydrogens is 290 g/mol. The fraction of sp³-hybridized carbons (Fsp3) is 0.467. The zero-order valence-electron chi connectivity index (χ0n) is 12.6. The van der Waals surface area contributed by atoms with Gasteiger partial charge in [0.15, 0.2) is 0 Å². The molecule has 0 aliphatic rings. The first-order chi connectivity index (χ1) is 9.65. The van der Waals surface area contributed by atoms with Crippen molar-refractivity contribution >= 4 is 24.2 Å². The molecule has 0 unspecified atom stereocenters. The van der Waals surface area contributed by atoms with E-state index in [0.717, 1.165) is 6.54 Å². The maximum absolute atomic E-state index is 11.7. The average Bonchev–Trinajstić information content (AvgIpc) is 2.49. The van der Waals surface area contributed by atoms with Crippen LogP contribution in [-0.2, 0) is 4.79 Å². The van der Waals surface area contributed by atoms with Crippen molar-refractivity contribution in [3.05, 3.63) is 35.9 Å². The van der Waals surface area contributed by atoms with Gasteiger partial charge in [-0.1, -0.05) is 18.2 Å². The van der Waals surface area contributed by atoms with Crippen molar-refractivity contribution < 1.29 is 9.59 Å². The van der Waals surface area contributed by atoms with Crippen LogP contribution < -0.4 is 10.6 Å². The van der Waals surface area contributed by atoms with Gasteiger partial charge < -0.3 is 15.5 Å². The van der Waals surface area contributed by atoms with Gasteiger partial charge in [0, 0.05) is 38.7 Å². The molecular formula is C15H24ClN3O2. The second-order valence-electron chi connectivity index (χ2n) is 4.64. The van der Waals surface area contributed by atoms with Gasteiger partial charge in [0.1, 0.15) is 0 Å². The lowest BCUT2D eigenvalue weighted by Gasteiger charge is -2.16. The number of amides is 2. The zero-order valence-corrected chi connectivity index (χ0v) is 13.4. The largest absolute Gasteiger partial charge is 0.352 e. The third-order valence-corrected chi connectivity index (χ3v) is 3.01. The fourth-order valence-corrected chi connectivity index (χ4v) is 1.73. The van der Waals surface area contributed by atoms with Gasteiger partial charge in [-0.25, -0.2) is 0 Å². The van der Waals surface area contributed by atoms with E-state index in [0.29, 0.717) is 31.5 Å². The molecule has 0 spiro atoms. The predicted molar refractivity (Wildman–Crippen MR) is 86.8 cm³/mol. The lowest BCUT2D eigenvalue weighted by atomic mass is 10.2. The molecule has 0 saturated heterocycles. The number of likely N-dealkylation sites (N-methyl/N-ethyl adjacent to an activating group) is 2. The Labute approximate surface area is 132 Å². The lowest BCUT2D eigenvalue weighted by molar-refractivity contribution is -0.129. The quantitative estimate of drug-likeness (QED) is 0.711. The van der Waals surface area contributed by atoms with Crippen molar-refractivity contribution in [2.24, 2.45) is 0 Å². The second kappa shape index (κ2) is 11.1. The van der Waals surface area contributed by atoms with Gasteiger partial charge >= 0.3 is 0 Å². The highest BCUT2D eigenvalue weighted by molar-refractivity contribution is 5.94. The van der Waals surface area contributed by atoms with Crippen molar-refractivity contribution in [1.82, 2.24) is 15.5 Å². The van der Waals surface area contributed by atoms with E-state index in [4.69, 9.17) is 0 Å². The molecule has 6 heteroatoms. The van der Waals surface area contributed by atoms with Crippen molar-refractivity contribution in [1.29, 1.82) is 0 Å². The molecule has 2 N–H and O–H groups in total. The molecule has 0 atom stereocenters. The van der Waals surface area contributed by atoms with E-state index in [9.17, 15) is 9.59 Å². The number of halogens is 1. The summed E-state index contributed by atoms with van der Waals surface area (Å²) in [7, 11) is 3.65. The van der Waals surface area contributed by atoms with Gasteiger partial charge in [0.2, 0.25) is 5.91 Å². The molecule has 1 aromatic carbocycles. The Hall–Kier alpha value is -1.59. The number of nitrogens with one attached hydrogen (secondary N) is 2. The molecule has 5 nitrogen and oxygen atoms in total. The van der Waals surface area contributed by atoms with E-state index in [2.05, 4.69) is 10.6 Å². The van der Waals surface area contributed by atoms with E-state index in [1.54, 1.807) is 24.1 Å². The normalized spacial score (nSPS) is 9.62. The van der Waals surface area contributed by atoms with Crippen LogP contribution in [0.3, 0.4) is 0 Å². The molecule has 0 saturated carbocycles. The third kappa shape index (κ3) is 7.68. The first-order valence-electron chi connectivity index (χ1n) is 6.87. The first-order valence-corrected chi connectivity index (χ1v) is 6.87. The molecule has 1 aromatic rings. The maximum atomic E-state index is 11.7. The smallest absolute Gasteiger partial charge is 0.251 e. The Bertz CT molecular complexity index is 426. The van der Waals surface area contributed by atoms with Crippen molar-refractivity contribution in [3.63, 3.8) is 0 Å². The van der Waals surface area contributed by atoms with Crippen LogP contribution in [0.2, 0.25) is 0 Å². The van der Waals surface area contributed by atoms with Crippen LogP contribution in [0.15, 0.2) is 30.3 Å². The number of benzene rings is 1. The van der Waals surface area contributed by atoms with Crippen LogP contribution in [-0.4, -0.2) is 50.4 Å². The second-order valence-corrected chi connectivity index (χ2v) is 4.64. The van der Waals surface area contributed by atoms with Gasteiger partial charge in [0.25, 0.3) is 5.91 Å². The van der Waals surface area contributed by atoms with Crippen LogP contribution >= 0.6 is 12.4 Å². The van der Waals surface area contributed by atoms with Crippen molar-refractivity contribution in [2.75, 3.05) is 33.7 Å². The lowest BCUT2D eigenvalue weighted by Crippen LogP contribution is -2.33. The molecule has 2 amide bonds. The topological polar surface area (TPSA) is 61.4 Å². The standard InChI is InChI=1S/C15H23N3O2.ClH/c1-16-11-12-18(2)14(19)9-6-10-17-15(20)13-7-4-3-5-8-13;/h3-5,7-8,16H,6,9-12H2,1-2H3,(H,17,20);1H. The molecule has 0 fully saturated rings. The first kappa shape index (κ1) is 19.4. The van der Waals surface area contributed by atoms with Crippen molar-refractivity contribution in [3.8, 4) is 0 Å². The van der Waals surface area contributed by atoms with E-state index in [-0.39, 0.29) is 24.2 Å². The summed E-state index contributed by atoms with van der Waals surface area (Å²) in [6.45, 7) is 2.00. The molecule has 118 valence electrons. The number of carbonyl (C=O) groups is 2. The highest BCUT2D eigenvalue weighted by atomic mass is 35.5. The minimum absolute atomic E-state index is 0. The summed E-state index contributed by atoms with van der Waals surface area (Å²) >= 11 is 0. The average molecular weight is 314 g/mol. The van der Waals surface area contributed by atoms with Gasteiger partial charge in [-0.3, -0.25) is 9.59 Å². The maximum Gasteiger partial charge on any atom is 0.251 e. The Morgan fingerprint density at radius 3 is 2.43 bits per heavy atom. The molecule has 0 radical (unpaired) electrons. The van der Waals surface area contributed by atoms with Gasteiger partial charge in [-0.15, -0.1) is 12.4 Å². The Balaban J connectivity index is 0.00000400. The molecule has 1 rings (SSSR count). The number of hydrogen-bond acceptors (Lipinski definition) is 3. The van der Waals surface area contributed by atoms with Gasteiger partial charge in [-0.2, -0.15) is 0 Å². The van der Waals surface area contributed by atoms with Crippen molar-refractivity contribution in [2.45, 2.75) is 12.8 Å².